The van der Waals surface area contributed by atoms with Crippen molar-refractivity contribution in [3.63, 3.8) is 0 Å². The fraction of sp³-hybridized carbons (Fsp3) is 0.158. The summed E-state index contributed by atoms with van der Waals surface area (Å²) in [7, 11) is 0. The van der Waals surface area contributed by atoms with Gasteiger partial charge in [-0.25, -0.2) is 43.2 Å². The van der Waals surface area contributed by atoms with Crippen LogP contribution in [0.3, 0.4) is 0 Å². The van der Waals surface area contributed by atoms with Crippen LogP contribution in [0.2, 0.25) is 0 Å². The summed E-state index contributed by atoms with van der Waals surface area (Å²) in [6.45, 7) is 46.4. The van der Waals surface area contributed by atoms with Gasteiger partial charge in [-0.15, -0.1) is 56.6 Å². The van der Waals surface area contributed by atoms with E-state index in [0.717, 1.165) is 45.4 Å². The molecular weight excluding hydrogens is 2080 g/mol. The Morgan fingerprint density at radius 1 is 0.204 bits per heavy atom. The number of aryl methyl sites for hydroxylation is 20. The molecule has 0 aromatic heterocycles. The van der Waals surface area contributed by atoms with Crippen LogP contribution < -0.4 is 0 Å². The Balaban J connectivity index is 0.000000160. The smallest absolute Gasteiger partial charge is 0.280 e. The quantitative estimate of drug-likeness (QED) is 0.120. The van der Waals surface area contributed by atoms with E-state index in [1.807, 2.05) is 44.2 Å². The van der Waals surface area contributed by atoms with Crippen molar-refractivity contribution in [3.05, 3.63) is 552 Å². The summed E-state index contributed by atoms with van der Waals surface area (Å²) < 4.78 is 0. The Hall–Kier alpha value is -10.5. The maximum atomic E-state index is 4.16. The number of hydrogen-bond donors (Lipinski definition) is 0. The van der Waals surface area contributed by atoms with Crippen molar-refractivity contribution in [1.82, 2.24) is 0 Å². The summed E-state index contributed by atoms with van der Waals surface area (Å²) in [5, 5.41) is 16.1. The van der Waals surface area contributed by atoms with Crippen molar-refractivity contribution < 1.29 is 148 Å². The molecule has 21 aromatic carbocycles. The Kier molecular flexibility index (Phi) is 40.0. The Labute approximate surface area is 970 Å². The zero-order valence-electron chi connectivity index (χ0n) is 87.1. The third-order valence-electron chi connectivity index (χ3n) is 28.4. The normalized spacial score (nSPS) is 11.6. The monoisotopic (exact) mass is 2200 g/mol. The SMILES string of the molecule is Cc1c[c-]c(-c2[c-]cc(C)cc2)cc1.Cc1cc2c3c(ccc4cc(C)cc(c43)CC2)c1.Cc1ccc2c(c1)C1(c3ccccc3-c3ccccc31)c1cc(C)ccc1-2.Cc1ccc2c(c1)CCc1cc(C)ccc1-2.Cc1ccc2c(c1)Cc1cc(C)ccc1-2.Cc1ccc2c(ccc3cc(C)ccc32)c1.[CH2-]c1cc(C)c[c-]c1-c1[c-]cc(C)cc1[CH2-].[CH2-]c1cc(C)cc2ccc3cc(C)c[c-]c3c12.[V+2].[V+2].[V+2].[V+2].[V].[V].[V].[V]. The molecule has 716 valence electrons. The molecule has 0 amide bonds. The molecule has 0 atom stereocenters. The topological polar surface area (TPSA) is 0 Å². The van der Waals surface area contributed by atoms with E-state index in [1.165, 1.54) is 279 Å². The van der Waals surface area contributed by atoms with Gasteiger partial charge in [0.25, 0.3) is 0 Å². The van der Waals surface area contributed by atoms with Gasteiger partial charge in [0.05, 0.1) is 5.41 Å². The zero-order valence-corrected chi connectivity index (χ0v) is 98.2. The van der Waals surface area contributed by atoms with Gasteiger partial charge in [0.2, 0.25) is 0 Å². The molecule has 21 aromatic rings. The van der Waals surface area contributed by atoms with Crippen LogP contribution in [0.4, 0.5) is 0 Å². The first-order valence-corrected chi connectivity index (χ1v) is 49.1. The van der Waals surface area contributed by atoms with E-state index in [4.69, 9.17) is 0 Å². The maximum Gasteiger partial charge on any atom is 2.00 e. The Morgan fingerprint density at radius 3 is 0.884 bits per heavy atom. The maximum absolute atomic E-state index is 4.16. The summed E-state index contributed by atoms with van der Waals surface area (Å²) in [6, 6.07) is 140. The number of fused-ring (bicyclic) bond motifs is 22. The Morgan fingerprint density at radius 2 is 0.483 bits per heavy atom. The molecule has 8 radical (unpaired) electrons. The van der Waals surface area contributed by atoms with Gasteiger partial charge in [-0.1, -0.05) is 363 Å². The zero-order chi connectivity index (χ0) is 96.8. The molecule has 0 N–H and O–H groups in total. The van der Waals surface area contributed by atoms with Gasteiger partial charge in [0.15, 0.2) is 0 Å². The molecule has 26 rings (SSSR count). The second kappa shape index (κ2) is 50.4. The van der Waals surface area contributed by atoms with Gasteiger partial charge in [0, 0.05) is 74.2 Å². The van der Waals surface area contributed by atoms with Crippen molar-refractivity contribution in [3.8, 4) is 66.8 Å². The van der Waals surface area contributed by atoms with Gasteiger partial charge >= 0.3 is 74.2 Å². The van der Waals surface area contributed by atoms with E-state index in [1.54, 1.807) is 0 Å². The van der Waals surface area contributed by atoms with Crippen molar-refractivity contribution in [2.45, 2.75) is 148 Å². The fourth-order valence-electron chi connectivity index (χ4n) is 21.9. The largest absolute Gasteiger partial charge is 2.00 e. The van der Waals surface area contributed by atoms with Crippen molar-refractivity contribution in [2.75, 3.05) is 0 Å². The molecule has 0 saturated heterocycles. The minimum absolute atomic E-state index is 0. The summed E-state index contributed by atoms with van der Waals surface area (Å²) in [5.41, 5.74) is 53.8. The number of rotatable bonds is 2. The summed E-state index contributed by atoms with van der Waals surface area (Å²) in [4.78, 5) is 0. The molecule has 1 spiro atoms. The second-order valence-corrected chi connectivity index (χ2v) is 39.8. The van der Waals surface area contributed by atoms with E-state index in [0.29, 0.717) is 0 Å². The van der Waals surface area contributed by atoms with Crippen molar-refractivity contribution in [1.29, 1.82) is 0 Å². The van der Waals surface area contributed by atoms with E-state index in [-0.39, 0.29) is 154 Å². The van der Waals surface area contributed by atoms with Crippen LogP contribution in [0.5, 0.6) is 0 Å². The number of benzene rings is 21. The molecule has 0 bridgehead atoms. The third-order valence-corrected chi connectivity index (χ3v) is 28.4. The van der Waals surface area contributed by atoms with Gasteiger partial charge in [-0.3, -0.25) is 22.3 Å². The first-order valence-electron chi connectivity index (χ1n) is 49.1. The minimum Gasteiger partial charge on any atom is -0.280 e. The summed E-state index contributed by atoms with van der Waals surface area (Å²) >= 11 is 0. The molecule has 147 heavy (non-hydrogen) atoms. The van der Waals surface area contributed by atoms with Crippen molar-refractivity contribution in [2.24, 2.45) is 0 Å². The molecule has 8 heteroatoms. The van der Waals surface area contributed by atoms with E-state index < -0.39 is 0 Å². The second-order valence-electron chi connectivity index (χ2n) is 39.8. The summed E-state index contributed by atoms with van der Waals surface area (Å²) in [6.07, 6.45) is 5.86. The van der Waals surface area contributed by atoms with Gasteiger partial charge < -0.3 is 0 Å². The predicted molar refractivity (Wildman–Crippen MR) is 596 cm³/mol. The van der Waals surface area contributed by atoms with Crippen LogP contribution in [-0.2, 0) is 186 Å². The fourth-order valence-corrected chi connectivity index (χ4v) is 21.9. The van der Waals surface area contributed by atoms with Gasteiger partial charge in [-0.2, -0.15) is 96.4 Å². The average molecular weight is 2200 g/mol. The Bertz CT molecular complexity index is 7940. The van der Waals surface area contributed by atoms with Gasteiger partial charge in [0.1, 0.15) is 0 Å². The van der Waals surface area contributed by atoms with E-state index in [2.05, 4.69) is 457 Å². The molecule has 0 aliphatic heterocycles. The third kappa shape index (κ3) is 24.9. The van der Waals surface area contributed by atoms with Crippen LogP contribution in [0.1, 0.15) is 161 Å². The molecule has 5 aliphatic rings. The van der Waals surface area contributed by atoms with Crippen LogP contribution in [0.25, 0.3) is 131 Å². The first-order chi connectivity index (χ1) is 67.1. The minimum atomic E-state index is -0.199. The van der Waals surface area contributed by atoms with Crippen LogP contribution in [0, 0.1) is 162 Å². The van der Waals surface area contributed by atoms with Gasteiger partial charge in [-0.05, 0) is 245 Å². The van der Waals surface area contributed by atoms with E-state index >= 15 is 0 Å². The van der Waals surface area contributed by atoms with E-state index in [9.17, 15) is 0 Å². The summed E-state index contributed by atoms with van der Waals surface area (Å²) in [5.74, 6) is 0. The molecule has 0 unspecified atom stereocenters. The molecule has 5 aliphatic carbocycles. The molecule has 0 fully saturated rings. The first kappa shape index (κ1) is 117. The van der Waals surface area contributed by atoms with Crippen molar-refractivity contribution >= 4 is 64.6 Å². The predicted octanol–water partition coefficient (Wildman–Crippen LogP) is 36.0. The van der Waals surface area contributed by atoms with Crippen LogP contribution in [-0.4, -0.2) is 0 Å². The standard InChI is InChI=1S/C27H20.C18H16.C17H14.C16H16.2C16H14.C15H14.C14H12.8V/c1-17-11-13-21-22-14-12-18(2)16-26(22)27(25(21)15-17)23-9-5-3-7-19(23)20-8-4-6-10-24(20)27;1-11-7-13-3-5-15-9-12(2)10-16-6-4-14(8-11)17(13)18(15)16;1-11-4-7-16-14(9-11)5-6-15-10-12(2)8-13(3)17(15)16;2*1-11-3-7-15-13(9-11)5-6-14-10-12(2)4-8-16(14)15;1-11-5-7-15(13(3)9-11)16-8-6-12(2)10-14(16)4;1-10-3-5-14-12(7-10)9-13-8-11(2)4-6-15(13)14;1-11-3-7-13(8-4-11)14-9-5-12(2)6-10-14;;;;;;;;/h3-16H,1-2H3;3,5,7-10H,4,6H2,1-2H3;4-6,8-10H,3H2,1-2H3;3-4,7-10H,5-6H2,1-2H3;3-10H,1-2H3;5-6,9-10H,3-4H2,1-2H3;3-8H,9H2,1-2H3;3-7,9H,1-2H3;;;;;;;;/q;;-2;;;-4;;-2;;;;;4*+2. The average Bonchev–Trinajstić information content (AvgIpc) is 1.51. The molecule has 0 saturated carbocycles. The molecule has 0 heterocycles. The molecule has 0 nitrogen and oxygen atoms in total. The number of hydrogen-bond acceptors (Lipinski definition) is 0. The molecular formula is C139H120V8. The van der Waals surface area contributed by atoms with Crippen LogP contribution >= 0.6 is 0 Å². The van der Waals surface area contributed by atoms with Crippen LogP contribution in [0.15, 0.2) is 340 Å².